The molecule has 2 N–H and O–H groups in total. The second kappa shape index (κ2) is 11.9. The highest BCUT2D eigenvalue weighted by molar-refractivity contribution is 14.0. The molecule has 0 radical (unpaired) electrons. The van der Waals surface area contributed by atoms with Crippen molar-refractivity contribution in [3.05, 3.63) is 47.3 Å². The lowest BCUT2D eigenvalue weighted by Gasteiger charge is -2.28. The minimum Gasteiger partial charge on any atom is -0.356 e. The maximum absolute atomic E-state index is 13.7. The lowest BCUT2D eigenvalue weighted by molar-refractivity contribution is 0.267. The Hall–Kier alpha value is -1.75. The topological polar surface area (TPSA) is 70.4 Å². The van der Waals surface area contributed by atoms with Gasteiger partial charge in [0, 0.05) is 31.6 Å². The third-order valence-corrected chi connectivity index (χ3v) is 6.28. The molecule has 1 aromatic heterocycles. The zero-order chi connectivity index (χ0) is 22.4. The van der Waals surface area contributed by atoms with E-state index in [2.05, 4.69) is 46.5 Å². The van der Waals surface area contributed by atoms with E-state index in [0.717, 1.165) is 42.8 Å². The quantitative estimate of drug-likeness (QED) is 0.296. The van der Waals surface area contributed by atoms with Gasteiger partial charge >= 0.3 is 0 Å². The zero-order valence-electron chi connectivity index (χ0n) is 19.9. The number of aryl methyl sites for hydroxylation is 1. The van der Waals surface area contributed by atoms with Gasteiger partial charge in [0.2, 0.25) is 0 Å². The summed E-state index contributed by atoms with van der Waals surface area (Å²) in [7, 11) is 1.95. The molecule has 1 unspecified atom stereocenters. The molecule has 9 heteroatoms. The molecule has 1 atom stereocenters. The van der Waals surface area contributed by atoms with Gasteiger partial charge in [0.25, 0.3) is 0 Å². The van der Waals surface area contributed by atoms with Gasteiger partial charge in [-0.2, -0.15) is 0 Å². The Morgan fingerprint density at radius 1 is 1.28 bits per heavy atom. The Morgan fingerprint density at radius 2 is 2.06 bits per heavy atom. The Labute approximate surface area is 208 Å². The molecule has 0 spiro atoms. The summed E-state index contributed by atoms with van der Waals surface area (Å²) in [5.41, 5.74) is 0.700. The monoisotopic (exact) mass is 557 g/mol. The van der Waals surface area contributed by atoms with Gasteiger partial charge in [0.15, 0.2) is 11.8 Å². The summed E-state index contributed by atoms with van der Waals surface area (Å²) in [6.45, 7) is 12.5. The smallest absolute Gasteiger partial charge is 0.191 e. The lowest BCUT2D eigenvalue weighted by atomic mass is 9.84. The minimum absolute atomic E-state index is 0. The van der Waals surface area contributed by atoms with Gasteiger partial charge in [0.1, 0.15) is 18.2 Å². The molecule has 32 heavy (non-hydrogen) atoms. The van der Waals surface area contributed by atoms with Crippen molar-refractivity contribution >= 4 is 29.9 Å². The van der Waals surface area contributed by atoms with Crippen molar-refractivity contribution < 1.29 is 4.39 Å². The Morgan fingerprint density at radius 3 is 2.72 bits per heavy atom. The molecule has 1 fully saturated rings. The second-order valence-electron chi connectivity index (χ2n) is 8.94. The highest BCUT2D eigenvalue weighted by Crippen LogP contribution is 2.23. The van der Waals surface area contributed by atoms with Crippen LogP contribution in [0, 0.1) is 12.7 Å². The van der Waals surface area contributed by atoms with Crippen LogP contribution in [0.2, 0.25) is 0 Å². The fourth-order valence-corrected chi connectivity index (χ4v) is 3.99. The van der Waals surface area contributed by atoms with E-state index in [1.54, 1.807) is 12.1 Å². The number of guanidine groups is 1. The molecule has 3 rings (SSSR count). The summed E-state index contributed by atoms with van der Waals surface area (Å²) in [6, 6.07) is 7.33. The maximum Gasteiger partial charge on any atom is 0.191 e. The first kappa shape index (κ1) is 26.5. The number of benzene rings is 1. The number of hydrogen-bond acceptors (Lipinski definition) is 4. The van der Waals surface area contributed by atoms with Crippen LogP contribution in [0.4, 0.5) is 4.39 Å². The number of aliphatic imine (C=N–C) groups is 1. The first-order valence-electron chi connectivity index (χ1n) is 11.2. The summed E-state index contributed by atoms with van der Waals surface area (Å²) in [5.74, 6) is 2.22. The van der Waals surface area contributed by atoms with Crippen molar-refractivity contribution in [1.29, 1.82) is 0 Å². The summed E-state index contributed by atoms with van der Waals surface area (Å²) in [6.07, 6.45) is 2.44. The van der Waals surface area contributed by atoms with E-state index in [9.17, 15) is 4.39 Å². The summed E-state index contributed by atoms with van der Waals surface area (Å²) >= 11 is 0. The lowest BCUT2D eigenvalue weighted by Crippen LogP contribution is -2.47. The van der Waals surface area contributed by atoms with E-state index in [-0.39, 0.29) is 35.2 Å². The number of aromatic nitrogens is 3. The fraction of sp³-hybridized carbons (Fsp3) is 0.609. The largest absolute Gasteiger partial charge is 0.356 e. The van der Waals surface area contributed by atoms with E-state index < -0.39 is 0 Å². The highest BCUT2D eigenvalue weighted by atomic mass is 127. The molecule has 7 nitrogen and oxygen atoms in total. The number of nitrogens with one attached hydrogen (secondary N) is 2. The van der Waals surface area contributed by atoms with Crippen LogP contribution in [-0.4, -0.2) is 57.8 Å². The molecule has 178 valence electrons. The zero-order valence-corrected chi connectivity index (χ0v) is 22.2. The molecule has 0 bridgehead atoms. The molecule has 1 saturated heterocycles. The third-order valence-electron chi connectivity index (χ3n) is 6.28. The van der Waals surface area contributed by atoms with Crippen molar-refractivity contribution in [2.75, 3.05) is 26.2 Å². The first-order chi connectivity index (χ1) is 14.8. The maximum atomic E-state index is 13.7. The van der Waals surface area contributed by atoms with E-state index in [1.165, 1.54) is 18.9 Å². The molecule has 1 aromatic carbocycles. The average Bonchev–Trinajstić information content (AvgIpc) is 3.34. The van der Waals surface area contributed by atoms with Gasteiger partial charge in [-0.05, 0) is 50.6 Å². The average molecular weight is 558 g/mol. The highest BCUT2D eigenvalue weighted by Gasteiger charge is 2.24. The van der Waals surface area contributed by atoms with Crippen LogP contribution in [0.25, 0.3) is 0 Å². The van der Waals surface area contributed by atoms with Crippen molar-refractivity contribution in [2.24, 2.45) is 12.0 Å². The standard InChI is InChI=1S/C23H36FN7.HI/c1-6-31-12-8-11-20(31)14-25-22(26-15-21-29-28-17(2)30(21)5)27-16-23(3,4)18-9-7-10-19(24)13-18;/h7,9-10,13,20H,6,8,11-12,14-16H2,1-5H3,(H2,25,26,27);1H. The number of hydrogen-bond donors (Lipinski definition) is 2. The van der Waals surface area contributed by atoms with Gasteiger partial charge < -0.3 is 15.2 Å². The van der Waals surface area contributed by atoms with Crippen LogP contribution >= 0.6 is 24.0 Å². The molecule has 0 amide bonds. The van der Waals surface area contributed by atoms with E-state index in [1.807, 2.05) is 24.6 Å². The van der Waals surface area contributed by atoms with Gasteiger partial charge in [-0.15, -0.1) is 34.2 Å². The summed E-state index contributed by atoms with van der Waals surface area (Å²) in [5, 5.41) is 15.3. The summed E-state index contributed by atoms with van der Waals surface area (Å²) < 4.78 is 15.7. The molecule has 0 aliphatic carbocycles. The summed E-state index contributed by atoms with van der Waals surface area (Å²) in [4.78, 5) is 7.28. The van der Waals surface area contributed by atoms with Crippen molar-refractivity contribution in [2.45, 2.75) is 58.5 Å². The van der Waals surface area contributed by atoms with E-state index >= 15 is 0 Å². The molecular formula is C23H37FIN7. The third kappa shape index (κ3) is 6.87. The van der Waals surface area contributed by atoms with Crippen LogP contribution in [0.1, 0.15) is 50.8 Å². The number of likely N-dealkylation sites (tertiary alicyclic amines) is 1. The van der Waals surface area contributed by atoms with Gasteiger partial charge in [-0.25, -0.2) is 9.38 Å². The number of rotatable bonds is 8. The predicted octanol–water partition coefficient (Wildman–Crippen LogP) is 3.38. The van der Waals surface area contributed by atoms with Gasteiger partial charge in [-0.1, -0.05) is 32.9 Å². The minimum atomic E-state index is -0.255. The first-order valence-corrected chi connectivity index (χ1v) is 11.2. The number of likely N-dealkylation sites (N-methyl/N-ethyl adjacent to an activating group) is 1. The Balaban J connectivity index is 0.00000363. The molecule has 2 aromatic rings. The van der Waals surface area contributed by atoms with Crippen molar-refractivity contribution in [3.63, 3.8) is 0 Å². The molecule has 0 saturated carbocycles. The fourth-order valence-electron chi connectivity index (χ4n) is 3.99. The second-order valence-corrected chi connectivity index (χ2v) is 8.94. The Kier molecular flexibility index (Phi) is 9.87. The van der Waals surface area contributed by atoms with E-state index in [0.29, 0.717) is 19.1 Å². The van der Waals surface area contributed by atoms with Crippen molar-refractivity contribution in [1.82, 2.24) is 30.3 Å². The Bertz CT molecular complexity index is 896. The number of nitrogens with zero attached hydrogens (tertiary/aromatic N) is 5. The van der Waals surface area contributed by atoms with Crippen LogP contribution < -0.4 is 10.6 Å². The van der Waals surface area contributed by atoms with Gasteiger partial charge in [0.05, 0.1) is 0 Å². The molecule has 2 heterocycles. The van der Waals surface area contributed by atoms with Crippen LogP contribution in [0.3, 0.4) is 0 Å². The van der Waals surface area contributed by atoms with Crippen molar-refractivity contribution in [3.8, 4) is 0 Å². The normalized spacial score (nSPS) is 17.3. The van der Waals surface area contributed by atoms with Crippen LogP contribution in [0.5, 0.6) is 0 Å². The molecule has 1 aliphatic heterocycles. The predicted molar refractivity (Wildman–Crippen MR) is 138 cm³/mol. The van der Waals surface area contributed by atoms with Gasteiger partial charge in [-0.3, -0.25) is 4.90 Å². The SMILES string of the molecule is CCN1CCCC1CNC(=NCc1nnc(C)n1C)NCC(C)(C)c1cccc(F)c1.I. The number of halogens is 2. The van der Waals surface area contributed by atoms with Crippen LogP contribution in [0.15, 0.2) is 29.3 Å². The van der Waals surface area contributed by atoms with Crippen LogP contribution in [-0.2, 0) is 19.0 Å². The van der Waals surface area contributed by atoms with E-state index in [4.69, 9.17) is 4.99 Å². The molecular weight excluding hydrogens is 520 g/mol. The molecule has 1 aliphatic rings.